The maximum absolute atomic E-state index is 11.0. The molecule has 0 saturated carbocycles. The van der Waals surface area contributed by atoms with E-state index in [2.05, 4.69) is 5.32 Å². The molecule has 0 aromatic heterocycles. The van der Waals surface area contributed by atoms with Crippen LogP contribution in [0, 0.1) is 5.92 Å². The number of aliphatic hydroxyl groups excluding tert-OH is 1. The van der Waals surface area contributed by atoms with Crippen LogP contribution in [0.2, 0.25) is 0 Å². The summed E-state index contributed by atoms with van der Waals surface area (Å²) in [6, 6.07) is -1.19. The summed E-state index contributed by atoms with van der Waals surface area (Å²) in [4.78, 5) is 21.4. The van der Waals surface area contributed by atoms with E-state index in [9.17, 15) is 9.59 Å². The average molecular weight is 189 g/mol. The quantitative estimate of drug-likeness (QED) is 0.549. The highest BCUT2D eigenvalue weighted by atomic mass is 16.4. The lowest BCUT2D eigenvalue weighted by molar-refractivity contribution is -0.143. The van der Waals surface area contributed by atoms with Crippen LogP contribution in [0.4, 0.5) is 0 Å². The van der Waals surface area contributed by atoms with Gasteiger partial charge in [-0.05, 0) is 5.92 Å². The Bertz CT molecular complexity index is 191. The van der Waals surface area contributed by atoms with Crippen molar-refractivity contribution < 1.29 is 19.8 Å². The zero-order chi connectivity index (χ0) is 10.4. The lowest BCUT2D eigenvalue weighted by atomic mass is 10.1. The van der Waals surface area contributed by atoms with Gasteiger partial charge in [0.1, 0.15) is 6.04 Å². The fourth-order valence-electron chi connectivity index (χ4n) is 0.810. The largest absolute Gasteiger partial charge is 0.480 e. The summed E-state index contributed by atoms with van der Waals surface area (Å²) < 4.78 is 0. The van der Waals surface area contributed by atoms with Crippen LogP contribution in [0.3, 0.4) is 0 Å². The summed E-state index contributed by atoms with van der Waals surface area (Å²) in [6.07, 6.45) is 0.268. The number of rotatable bonds is 5. The summed E-state index contributed by atoms with van der Waals surface area (Å²) in [5, 5.41) is 19.3. The van der Waals surface area contributed by atoms with Gasteiger partial charge in [-0.1, -0.05) is 13.8 Å². The predicted molar refractivity (Wildman–Crippen MR) is 46.1 cm³/mol. The second-order valence-electron chi connectivity index (χ2n) is 3.24. The Balaban J connectivity index is 3.94. The van der Waals surface area contributed by atoms with Crippen LogP contribution >= 0.6 is 0 Å². The molecule has 0 bridgehead atoms. The predicted octanol–water partition coefficient (Wildman–Crippen LogP) is -0.406. The normalized spacial score (nSPS) is 12.6. The second-order valence-corrected chi connectivity index (χ2v) is 3.24. The van der Waals surface area contributed by atoms with Crippen molar-refractivity contribution >= 4 is 11.9 Å². The number of amides is 1. The maximum Gasteiger partial charge on any atom is 0.328 e. The first-order valence-electron chi connectivity index (χ1n) is 4.10. The highest BCUT2D eigenvalue weighted by Gasteiger charge is 2.18. The first-order chi connectivity index (χ1) is 5.97. The number of carboxylic acid groups (broad SMARTS) is 1. The minimum Gasteiger partial charge on any atom is -0.480 e. The highest BCUT2D eigenvalue weighted by Crippen LogP contribution is 1.98. The minimum absolute atomic E-state index is 0.174. The Morgan fingerprint density at radius 2 is 1.92 bits per heavy atom. The zero-order valence-corrected chi connectivity index (χ0v) is 7.78. The van der Waals surface area contributed by atoms with Crippen molar-refractivity contribution in [2.24, 2.45) is 5.92 Å². The van der Waals surface area contributed by atoms with Gasteiger partial charge >= 0.3 is 5.97 Å². The molecule has 76 valence electrons. The molecule has 0 radical (unpaired) electrons. The fourth-order valence-corrected chi connectivity index (χ4v) is 0.810. The van der Waals surface area contributed by atoms with Crippen molar-refractivity contribution in [1.29, 1.82) is 0 Å². The van der Waals surface area contributed by atoms with Gasteiger partial charge in [0.15, 0.2) is 0 Å². The van der Waals surface area contributed by atoms with E-state index in [4.69, 9.17) is 10.2 Å². The number of hydrogen-bond acceptors (Lipinski definition) is 3. The molecule has 5 nitrogen and oxygen atoms in total. The van der Waals surface area contributed by atoms with Crippen molar-refractivity contribution in [3.63, 3.8) is 0 Å². The Hall–Kier alpha value is -1.10. The summed E-state index contributed by atoms with van der Waals surface area (Å²) in [7, 11) is 0. The summed E-state index contributed by atoms with van der Waals surface area (Å²) >= 11 is 0. The first-order valence-corrected chi connectivity index (χ1v) is 4.10. The topological polar surface area (TPSA) is 86.6 Å². The van der Waals surface area contributed by atoms with Gasteiger partial charge in [0.05, 0.1) is 6.61 Å². The van der Waals surface area contributed by atoms with E-state index in [-0.39, 0.29) is 18.2 Å². The van der Waals surface area contributed by atoms with Crippen LogP contribution in [-0.4, -0.2) is 34.7 Å². The second kappa shape index (κ2) is 5.53. The van der Waals surface area contributed by atoms with Gasteiger partial charge in [-0.25, -0.2) is 4.79 Å². The van der Waals surface area contributed by atoms with Gasteiger partial charge in [0.25, 0.3) is 0 Å². The molecule has 0 saturated heterocycles. The Morgan fingerprint density at radius 1 is 1.38 bits per heavy atom. The zero-order valence-electron chi connectivity index (χ0n) is 7.78. The standard InChI is InChI=1S/C8H15NO4/c1-5(2)3-7(11)9-6(4-10)8(12)13/h5-6,10H,3-4H2,1-2H3,(H,9,11)(H,12,13). The molecular formula is C8H15NO4. The molecule has 0 aliphatic rings. The molecule has 0 heterocycles. The molecule has 1 unspecified atom stereocenters. The first kappa shape index (κ1) is 11.9. The monoisotopic (exact) mass is 189 g/mol. The number of carbonyl (C=O) groups is 2. The van der Waals surface area contributed by atoms with E-state index >= 15 is 0 Å². The molecule has 0 aliphatic carbocycles. The van der Waals surface area contributed by atoms with Crippen molar-refractivity contribution in [1.82, 2.24) is 5.32 Å². The lowest BCUT2D eigenvalue weighted by Crippen LogP contribution is -2.43. The van der Waals surface area contributed by atoms with Crippen molar-refractivity contribution in [2.45, 2.75) is 26.3 Å². The summed E-state index contributed by atoms with van der Waals surface area (Å²) in [6.45, 7) is 3.13. The number of aliphatic hydroxyl groups is 1. The molecule has 0 rings (SSSR count). The Labute approximate surface area is 76.8 Å². The maximum atomic E-state index is 11.0. The van der Waals surface area contributed by atoms with E-state index < -0.39 is 18.6 Å². The van der Waals surface area contributed by atoms with E-state index in [1.807, 2.05) is 13.8 Å². The molecule has 1 atom stereocenters. The van der Waals surface area contributed by atoms with E-state index in [0.29, 0.717) is 0 Å². The highest BCUT2D eigenvalue weighted by molar-refractivity contribution is 5.83. The van der Waals surface area contributed by atoms with Crippen molar-refractivity contribution in [2.75, 3.05) is 6.61 Å². The molecule has 0 aromatic carbocycles. The van der Waals surface area contributed by atoms with Gasteiger partial charge in [0, 0.05) is 6.42 Å². The molecule has 0 fully saturated rings. The fraction of sp³-hybridized carbons (Fsp3) is 0.750. The Morgan fingerprint density at radius 3 is 2.23 bits per heavy atom. The van der Waals surface area contributed by atoms with Crippen LogP contribution in [0.15, 0.2) is 0 Å². The van der Waals surface area contributed by atoms with Gasteiger partial charge in [-0.2, -0.15) is 0 Å². The van der Waals surface area contributed by atoms with Crippen LogP contribution in [-0.2, 0) is 9.59 Å². The van der Waals surface area contributed by atoms with Crippen LogP contribution in [0.1, 0.15) is 20.3 Å². The minimum atomic E-state index is -1.22. The summed E-state index contributed by atoms with van der Waals surface area (Å²) in [5.41, 5.74) is 0. The molecule has 0 spiro atoms. The lowest BCUT2D eigenvalue weighted by Gasteiger charge is -2.12. The molecule has 3 N–H and O–H groups in total. The third kappa shape index (κ3) is 5.19. The number of nitrogens with one attached hydrogen (secondary N) is 1. The number of aliphatic carboxylic acids is 1. The smallest absolute Gasteiger partial charge is 0.328 e. The average Bonchev–Trinajstić information content (AvgIpc) is 1.98. The number of carbonyl (C=O) groups excluding carboxylic acids is 1. The van der Waals surface area contributed by atoms with Crippen LogP contribution in [0.5, 0.6) is 0 Å². The molecule has 5 heteroatoms. The third-order valence-electron chi connectivity index (χ3n) is 1.41. The van der Waals surface area contributed by atoms with E-state index in [1.54, 1.807) is 0 Å². The van der Waals surface area contributed by atoms with E-state index in [0.717, 1.165) is 0 Å². The van der Waals surface area contributed by atoms with Gasteiger partial charge < -0.3 is 15.5 Å². The SMILES string of the molecule is CC(C)CC(=O)NC(CO)C(=O)O. The molecule has 13 heavy (non-hydrogen) atoms. The van der Waals surface area contributed by atoms with Gasteiger partial charge in [0.2, 0.25) is 5.91 Å². The molecule has 1 amide bonds. The molecular weight excluding hydrogens is 174 g/mol. The summed E-state index contributed by atoms with van der Waals surface area (Å²) in [5.74, 6) is -1.40. The van der Waals surface area contributed by atoms with Gasteiger partial charge in [-0.15, -0.1) is 0 Å². The molecule has 0 aromatic rings. The van der Waals surface area contributed by atoms with Gasteiger partial charge in [-0.3, -0.25) is 4.79 Å². The van der Waals surface area contributed by atoms with Crippen LogP contribution < -0.4 is 5.32 Å². The van der Waals surface area contributed by atoms with Crippen LogP contribution in [0.25, 0.3) is 0 Å². The third-order valence-corrected chi connectivity index (χ3v) is 1.41. The van der Waals surface area contributed by atoms with E-state index in [1.165, 1.54) is 0 Å². The number of carboxylic acids is 1. The Kier molecular flexibility index (Phi) is 5.06. The van der Waals surface area contributed by atoms with Crippen molar-refractivity contribution in [3.05, 3.63) is 0 Å². The number of hydrogen-bond donors (Lipinski definition) is 3. The van der Waals surface area contributed by atoms with Crippen molar-refractivity contribution in [3.8, 4) is 0 Å². The molecule has 0 aliphatic heterocycles.